The normalized spacial score (nSPS) is 27.0. The average molecular weight is 294 g/mol. The van der Waals surface area contributed by atoms with Crippen LogP contribution in [-0.2, 0) is 16.6 Å². The van der Waals surface area contributed by atoms with Crippen LogP contribution in [0.3, 0.4) is 0 Å². The Morgan fingerprint density at radius 2 is 2.19 bits per heavy atom. The van der Waals surface area contributed by atoms with Crippen LogP contribution in [0.15, 0.2) is 18.3 Å². The molecule has 2 atom stereocenters. The number of aromatic nitrogens is 1. The predicted molar refractivity (Wildman–Crippen MR) is 77.1 cm³/mol. The summed E-state index contributed by atoms with van der Waals surface area (Å²) in [6.07, 6.45) is 1.85. The fourth-order valence-electron chi connectivity index (χ4n) is 2.99. The van der Waals surface area contributed by atoms with Crippen LogP contribution in [0, 0.1) is 5.41 Å². The first-order chi connectivity index (χ1) is 9.76. The molecule has 1 heterocycles. The number of carboxylic acids is 1. The van der Waals surface area contributed by atoms with Crippen molar-refractivity contribution in [2.75, 3.05) is 6.61 Å². The maximum absolute atomic E-state index is 12.4. The van der Waals surface area contributed by atoms with Gasteiger partial charge in [0.05, 0.1) is 6.10 Å². The van der Waals surface area contributed by atoms with Gasteiger partial charge in [0.1, 0.15) is 11.2 Å². The third-order valence-corrected chi connectivity index (χ3v) is 4.63. The van der Waals surface area contributed by atoms with E-state index in [2.05, 4.69) is 5.32 Å². The Morgan fingerprint density at radius 3 is 2.62 bits per heavy atom. The van der Waals surface area contributed by atoms with Crippen molar-refractivity contribution in [2.24, 2.45) is 12.5 Å². The van der Waals surface area contributed by atoms with Crippen LogP contribution in [0.4, 0.5) is 0 Å². The van der Waals surface area contributed by atoms with Crippen molar-refractivity contribution in [3.63, 3.8) is 0 Å². The Morgan fingerprint density at radius 1 is 1.52 bits per heavy atom. The highest BCUT2D eigenvalue weighted by Gasteiger charge is 2.66. The summed E-state index contributed by atoms with van der Waals surface area (Å²) in [5.41, 5.74) is -1.53. The lowest BCUT2D eigenvalue weighted by molar-refractivity contribution is -0.190. The number of rotatable bonds is 5. The zero-order chi connectivity index (χ0) is 15.8. The Hall–Kier alpha value is -1.82. The molecule has 1 amide bonds. The lowest BCUT2D eigenvalue weighted by Crippen LogP contribution is -2.76. The minimum Gasteiger partial charge on any atom is -0.479 e. The van der Waals surface area contributed by atoms with E-state index in [1.807, 2.05) is 20.8 Å². The second-order valence-electron chi connectivity index (χ2n) is 6.04. The Kier molecular flexibility index (Phi) is 3.84. The predicted octanol–water partition coefficient (Wildman–Crippen LogP) is 1.41. The lowest BCUT2D eigenvalue weighted by Gasteiger charge is -2.58. The van der Waals surface area contributed by atoms with Gasteiger partial charge >= 0.3 is 5.97 Å². The second-order valence-corrected chi connectivity index (χ2v) is 6.04. The van der Waals surface area contributed by atoms with Gasteiger partial charge in [-0.1, -0.05) is 13.8 Å². The smallest absolute Gasteiger partial charge is 0.330 e. The molecule has 0 saturated heterocycles. The highest BCUT2D eigenvalue weighted by atomic mass is 16.5. The molecule has 6 heteroatoms. The molecular weight excluding hydrogens is 272 g/mol. The van der Waals surface area contributed by atoms with Crippen LogP contribution in [-0.4, -0.2) is 39.8 Å². The van der Waals surface area contributed by atoms with Crippen LogP contribution in [0.5, 0.6) is 0 Å². The molecule has 1 saturated carbocycles. The van der Waals surface area contributed by atoms with Crippen molar-refractivity contribution in [1.29, 1.82) is 0 Å². The first kappa shape index (κ1) is 15.6. The van der Waals surface area contributed by atoms with Gasteiger partial charge in [-0.15, -0.1) is 0 Å². The molecule has 116 valence electrons. The molecule has 1 aromatic rings. The van der Waals surface area contributed by atoms with Crippen LogP contribution < -0.4 is 5.32 Å². The minimum absolute atomic E-state index is 0.174. The Bertz CT molecular complexity index is 564. The number of aliphatic carboxylic acids is 1. The Labute approximate surface area is 124 Å². The summed E-state index contributed by atoms with van der Waals surface area (Å²) < 4.78 is 7.24. The van der Waals surface area contributed by atoms with Crippen molar-refractivity contribution in [2.45, 2.75) is 38.8 Å². The summed E-state index contributed by atoms with van der Waals surface area (Å²) in [6, 6.07) is 3.41. The summed E-state index contributed by atoms with van der Waals surface area (Å²) >= 11 is 0. The molecule has 0 radical (unpaired) electrons. The number of aryl methyl sites for hydroxylation is 1. The molecule has 1 aliphatic carbocycles. The van der Waals surface area contributed by atoms with E-state index in [1.165, 1.54) is 0 Å². The number of carbonyl (C=O) groups is 2. The quantitative estimate of drug-likeness (QED) is 0.860. The first-order valence-corrected chi connectivity index (χ1v) is 7.05. The number of nitrogens with zero attached hydrogens (tertiary/aromatic N) is 1. The van der Waals surface area contributed by atoms with E-state index >= 15 is 0 Å². The van der Waals surface area contributed by atoms with Gasteiger partial charge in [-0.25, -0.2) is 4.79 Å². The number of hydrogen-bond donors (Lipinski definition) is 2. The van der Waals surface area contributed by atoms with Gasteiger partial charge in [0, 0.05) is 31.7 Å². The molecule has 1 aliphatic rings. The van der Waals surface area contributed by atoms with Crippen molar-refractivity contribution in [3.8, 4) is 0 Å². The van der Waals surface area contributed by atoms with Crippen LogP contribution in [0.25, 0.3) is 0 Å². The summed E-state index contributed by atoms with van der Waals surface area (Å²) in [4.78, 5) is 24.1. The number of carboxylic acid groups (broad SMARTS) is 1. The number of carbonyl (C=O) groups excluding carboxylic acids is 1. The summed E-state index contributed by atoms with van der Waals surface area (Å²) in [5.74, 6) is -1.40. The van der Waals surface area contributed by atoms with E-state index < -0.39 is 16.9 Å². The van der Waals surface area contributed by atoms with Gasteiger partial charge in [-0.2, -0.15) is 0 Å². The summed E-state index contributed by atoms with van der Waals surface area (Å²) in [6.45, 7) is 6.03. The van der Waals surface area contributed by atoms with Crippen LogP contribution >= 0.6 is 0 Å². The molecule has 0 unspecified atom stereocenters. The number of nitrogens with one attached hydrogen (secondary N) is 1. The average Bonchev–Trinajstić information content (AvgIpc) is 2.83. The van der Waals surface area contributed by atoms with Crippen molar-refractivity contribution >= 4 is 11.9 Å². The third-order valence-electron chi connectivity index (χ3n) is 4.63. The first-order valence-electron chi connectivity index (χ1n) is 7.05. The van der Waals surface area contributed by atoms with Crippen molar-refractivity contribution in [1.82, 2.24) is 9.88 Å². The maximum Gasteiger partial charge on any atom is 0.330 e. The van der Waals surface area contributed by atoms with E-state index in [9.17, 15) is 14.7 Å². The van der Waals surface area contributed by atoms with Crippen LogP contribution in [0.2, 0.25) is 0 Å². The van der Waals surface area contributed by atoms with E-state index in [0.717, 1.165) is 0 Å². The molecule has 1 fully saturated rings. The highest BCUT2D eigenvalue weighted by Crippen LogP contribution is 2.51. The molecule has 0 aromatic carbocycles. The van der Waals surface area contributed by atoms with Gasteiger partial charge < -0.3 is 19.7 Å². The number of ether oxygens (including phenoxy) is 1. The second kappa shape index (κ2) is 5.18. The van der Waals surface area contributed by atoms with E-state index in [1.54, 1.807) is 29.9 Å². The summed E-state index contributed by atoms with van der Waals surface area (Å²) in [5, 5.41) is 12.4. The van der Waals surface area contributed by atoms with E-state index in [-0.39, 0.29) is 18.4 Å². The number of amides is 1. The molecule has 1 aromatic heterocycles. The maximum atomic E-state index is 12.4. The van der Waals surface area contributed by atoms with Gasteiger partial charge in [0.15, 0.2) is 0 Å². The van der Waals surface area contributed by atoms with Gasteiger partial charge in [-0.3, -0.25) is 4.79 Å². The molecule has 21 heavy (non-hydrogen) atoms. The molecule has 2 N–H and O–H groups in total. The van der Waals surface area contributed by atoms with Gasteiger partial charge in [-0.05, 0) is 19.1 Å². The molecule has 2 rings (SSSR count). The molecule has 0 spiro atoms. The SMILES string of the molecule is CCO[C@H]1C[C@](NC(=O)c2cccn2C)(C(=O)O)C1(C)C. The van der Waals surface area contributed by atoms with Gasteiger partial charge in [0.2, 0.25) is 0 Å². The minimum atomic E-state index is -1.30. The standard InChI is InChI=1S/C15H22N2O4/c1-5-21-11-9-15(13(19)20,14(11,2)3)16-12(18)10-7-6-8-17(10)4/h6-8,11H,5,9H2,1-4H3,(H,16,18)(H,19,20)/t11-,15-/m0/s1. The molecular formula is C15H22N2O4. The third kappa shape index (κ3) is 2.23. The zero-order valence-corrected chi connectivity index (χ0v) is 12.8. The van der Waals surface area contributed by atoms with Crippen molar-refractivity contribution < 1.29 is 19.4 Å². The monoisotopic (exact) mass is 294 g/mol. The largest absolute Gasteiger partial charge is 0.479 e. The van der Waals surface area contributed by atoms with Gasteiger partial charge in [0.25, 0.3) is 5.91 Å². The summed E-state index contributed by atoms with van der Waals surface area (Å²) in [7, 11) is 1.75. The highest BCUT2D eigenvalue weighted by molar-refractivity contribution is 5.97. The van der Waals surface area contributed by atoms with E-state index in [4.69, 9.17) is 4.74 Å². The topological polar surface area (TPSA) is 80.6 Å². The number of hydrogen-bond acceptors (Lipinski definition) is 3. The Balaban J connectivity index is 2.24. The lowest BCUT2D eigenvalue weighted by atomic mass is 9.54. The molecule has 6 nitrogen and oxygen atoms in total. The fraction of sp³-hybridized carbons (Fsp3) is 0.600. The molecule has 0 aliphatic heterocycles. The zero-order valence-electron chi connectivity index (χ0n) is 12.8. The van der Waals surface area contributed by atoms with Crippen LogP contribution in [0.1, 0.15) is 37.7 Å². The van der Waals surface area contributed by atoms with Crippen molar-refractivity contribution in [3.05, 3.63) is 24.0 Å². The van der Waals surface area contributed by atoms with E-state index in [0.29, 0.717) is 12.3 Å². The molecule has 0 bridgehead atoms. The fourth-order valence-corrected chi connectivity index (χ4v) is 2.99.